The van der Waals surface area contributed by atoms with Crippen LogP contribution in [0, 0.1) is 11.6 Å². The number of hydrogen-bond donors (Lipinski definition) is 1. The molecule has 0 aromatic heterocycles. The summed E-state index contributed by atoms with van der Waals surface area (Å²) in [5.41, 5.74) is 0. The molecule has 1 aromatic rings. The molecule has 1 aromatic carbocycles. The first-order chi connectivity index (χ1) is 4.75. The Morgan fingerprint density at radius 1 is 1.18 bits per heavy atom. The standard InChI is InChI=1S/C6H5F2NO.ClH/c7-4-2-1-3-5(8)6(4)10-9;/h1-3H,9H2;1H. The van der Waals surface area contributed by atoms with Crippen molar-refractivity contribution in [1.29, 1.82) is 0 Å². The average molecular weight is 182 g/mol. The van der Waals surface area contributed by atoms with E-state index in [0.717, 1.165) is 12.1 Å². The third-order valence-electron chi connectivity index (χ3n) is 1.04. The van der Waals surface area contributed by atoms with Crippen LogP contribution in [0.3, 0.4) is 0 Å². The lowest BCUT2D eigenvalue weighted by Gasteiger charge is -1.99. The van der Waals surface area contributed by atoms with Crippen LogP contribution in [-0.4, -0.2) is 0 Å². The quantitative estimate of drug-likeness (QED) is 0.669. The summed E-state index contributed by atoms with van der Waals surface area (Å²) in [6.45, 7) is 0. The first kappa shape index (κ1) is 10.1. The fourth-order valence-electron chi connectivity index (χ4n) is 0.595. The second kappa shape index (κ2) is 4.10. The SMILES string of the molecule is Cl.NOc1c(F)cccc1F. The maximum absolute atomic E-state index is 12.4. The lowest BCUT2D eigenvalue weighted by molar-refractivity contribution is 0.297. The van der Waals surface area contributed by atoms with E-state index in [2.05, 4.69) is 10.7 Å². The van der Waals surface area contributed by atoms with Crippen molar-refractivity contribution in [1.82, 2.24) is 0 Å². The predicted octanol–water partition coefficient (Wildman–Crippen LogP) is 1.64. The van der Waals surface area contributed by atoms with E-state index in [0.29, 0.717) is 0 Å². The molecule has 0 radical (unpaired) electrons. The maximum Gasteiger partial charge on any atom is 0.217 e. The van der Waals surface area contributed by atoms with Gasteiger partial charge in [0.15, 0.2) is 11.6 Å². The van der Waals surface area contributed by atoms with E-state index in [9.17, 15) is 8.78 Å². The smallest absolute Gasteiger partial charge is 0.217 e. The van der Waals surface area contributed by atoms with Gasteiger partial charge in [-0.25, -0.2) is 8.78 Å². The lowest BCUT2D eigenvalue weighted by atomic mass is 10.3. The summed E-state index contributed by atoms with van der Waals surface area (Å²) in [7, 11) is 0. The lowest BCUT2D eigenvalue weighted by Crippen LogP contribution is -2.05. The fourth-order valence-corrected chi connectivity index (χ4v) is 0.595. The summed E-state index contributed by atoms with van der Waals surface area (Å²) >= 11 is 0. The van der Waals surface area contributed by atoms with Gasteiger partial charge in [0.05, 0.1) is 0 Å². The fraction of sp³-hybridized carbons (Fsp3) is 0. The Labute approximate surface area is 68.3 Å². The van der Waals surface area contributed by atoms with Crippen molar-refractivity contribution in [3.63, 3.8) is 0 Å². The molecule has 0 saturated heterocycles. The van der Waals surface area contributed by atoms with Gasteiger partial charge in [0.1, 0.15) is 0 Å². The zero-order valence-corrected chi connectivity index (χ0v) is 6.20. The summed E-state index contributed by atoms with van der Waals surface area (Å²) in [6, 6.07) is 3.35. The molecule has 0 heterocycles. The Balaban J connectivity index is 0.000001000. The van der Waals surface area contributed by atoms with Crippen LogP contribution in [0.4, 0.5) is 8.78 Å². The minimum absolute atomic E-state index is 0. The van der Waals surface area contributed by atoms with Crippen LogP contribution in [0.1, 0.15) is 0 Å². The molecule has 0 saturated carbocycles. The molecule has 0 unspecified atom stereocenters. The molecule has 0 bridgehead atoms. The Hall–Kier alpha value is -0.870. The Morgan fingerprint density at radius 3 is 1.91 bits per heavy atom. The molecule has 0 atom stereocenters. The highest BCUT2D eigenvalue weighted by atomic mass is 35.5. The first-order valence-corrected chi connectivity index (χ1v) is 2.56. The number of benzene rings is 1. The van der Waals surface area contributed by atoms with E-state index in [1.165, 1.54) is 6.07 Å². The molecular weight excluding hydrogens is 176 g/mol. The van der Waals surface area contributed by atoms with Crippen LogP contribution in [0.15, 0.2) is 18.2 Å². The Morgan fingerprint density at radius 2 is 1.64 bits per heavy atom. The number of para-hydroxylation sites is 1. The molecule has 11 heavy (non-hydrogen) atoms. The number of nitrogens with two attached hydrogens (primary N) is 1. The van der Waals surface area contributed by atoms with E-state index >= 15 is 0 Å². The zero-order valence-electron chi connectivity index (χ0n) is 5.38. The number of hydrogen-bond acceptors (Lipinski definition) is 2. The molecule has 0 amide bonds. The summed E-state index contributed by atoms with van der Waals surface area (Å²) in [6.07, 6.45) is 0. The van der Waals surface area contributed by atoms with Gasteiger partial charge in [0, 0.05) is 0 Å². The molecule has 0 fully saturated rings. The van der Waals surface area contributed by atoms with Crippen LogP contribution in [0.5, 0.6) is 5.75 Å². The van der Waals surface area contributed by atoms with Crippen molar-refractivity contribution in [2.24, 2.45) is 5.90 Å². The van der Waals surface area contributed by atoms with Gasteiger partial charge in [-0.05, 0) is 12.1 Å². The van der Waals surface area contributed by atoms with Crippen molar-refractivity contribution in [3.05, 3.63) is 29.8 Å². The van der Waals surface area contributed by atoms with Crippen molar-refractivity contribution in [2.75, 3.05) is 0 Å². The molecule has 0 aliphatic carbocycles. The Bertz CT molecular complexity index is 224. The second-order valence-electron chi connectivity index (χ2n) is 1.67. The molecule has 1 rings (SSSR count). The van der Waals surface area contributed by atoms with Gasteiger partial charge in [-0.2, -0.15) is 5.90 Å². The van der Waals surface area contributed by atoms with Gasteiger partial charge in [-0.3, -0.25) is 0 Å². The first-order valence-electron chi connectivity index (χ1n) is 2.56. The van der Waals surface area contributed by atoms with Crippen molar-refractivity contribution < 1.29 is 13.6 Å². The summed E-state index contributed by atoms with van der Waals surface area (Å²) in [5, 5.41) is 0. The zero-order chi connectivity index (χ0) is 7.56. The van der Waals surface area contributed by atoms with Gasteiger partial charge in [0.2, 0.25) is 5.75 Å². The highest BCUT2D eigenvalue weighted by Crippen LogP contribution is 2.18. The summed E-state index contributed by atoms with van der Waals surface area (Å²) < 4.78 is 24.8. The van der Waals surface area contributed by atoms with E-state index in [-0.39, 0.29) is 12.4 Å². The topological polar surface area (TPSA) is 35.2 Å². The molecule has 2 nitrogen and oxygen atoms in total. The van der Waals surface area contributed by atoms with Gasteiger partial charge in [-0.15, -0.1) is 12.4 Å². The van der Waals surface area contributed by atoms with Crippen LogP contribution < -0.4 is 10.7 Å². The number of rotatable bonds is 1. The predicted molar refractivity (Wildman–Crippen MR) is 38.4 cm³/mol. The van der Waals surface area contributed by atoms with Crippen molar-refractivity contribution in [3.8, 4) is 5.75 Å². The van der Waals surface area contributed by atoms with Crippen LogP contribution in [-0.2, 0) is 0 Å². The molecule has 62 valence electrons. The third kappa shape index (κ3) is 2.03. The van der Waals surface area contributed by atoms with E-state index in [1.54, 1.807) is 0 Å². The summed E-state index contributed by atoms with van der Waals surface area (Å²) in [5.74, 6) is 2.41. The van der Waals surface area contributed by atoms with Gasteiger partial charge < -0.3 is 4.84 Å². The normalized spacial score (nSPS) is 8.64. The largest absolute Gasteiger partial charge is 0.405 e. The van der Waals surface area contributed by atoms with E-state index in [1.807, 2.05) is 0 Å². The Kier molecular flexibility index (Phi) is 3.78. The van der Waals surface area contributed by atoms with Gasteiger partial charge in [-0.1, -0.05) is 6.07 Å². The molecule has 0 spiro atoms. The van der Waals surface area contributed by atoms with Crippen molar-refractivity contribution >= 4 is 12.4 Å². The maximum atomic E-state index is 12.4. The van der Waals surface area contributed by atoms with Crippen LogP contribution in [0.25, 0.3) is 0 Å². The minimum Gasteiger partial charge on any atom is -0.405 e. The molecular formula is C6H6ClF2NO. The average Bonchev–Trinajstić information content (AvgIpc) is 1.88. The molecule has 2 N–H and O–H groups in total. The highest BCUT2D eigenvalue weighted by molar-refractivity contribution is 5.85. The third-order valence-corrected chi connectivity index (χ3v) is 1.04. The number of halogens is 3. The van der Waals surface area contributed by atoms with E-state index < -0.39 is 17.4 Å². The second-order valence-corrected chi connectivity index (χ2v) is 1.67. The van der Waals surface area contributed by atoms with Crippen molar-refractivity contribution in [2.45, 2.75) is 0 Å². The molecule has 5 heteroatoms. The van der Waals surface area contributed by atoms with Crippen LogP contribution >= 0.6 is 12.4 Å². The monoisotopic (exact) mass is 181 g/mol. The van der Waals surface area contributed by atoms with E-state index in [4.69, 9.17) is 0 Å². The molecule has 0 aliphatic rings. The van der Waals surface area contributed by atoms with Gasteiger partial charge >= 0.3 is 0 Å². The molecule has 0 aliphatic heterocycles. The van der Waals surface area contributed by atoms with Gasteiger partial charge in [0.25, 0.3) is 0 Å². The van der Waals surface area contributed by atoms with Crippen LogP contribution in [0.2, 0.25) is 0 Å². The highest BCUT2D eigenvalue weighted by Gasteiger charge is 2.07. The minimum atomic E-state index is -0.803. The summed E-state index contributed by atoms with van der Waals surface area (Å²) in [4.78, 5) is 3.93.